The molecular weight excluding hydrogens is 148 g/mol. The average Bonchev–Trinajstić information content (AvgIpc) is 2.59. The van der Waals surface area contributed by atoms with Gasteiger partial charge < -0.3 is 4.74 Å². The quantitative estimate of drug-likeness (QED) is 0.417. The first-order valence-electron chi connectivity index (χ1n) is 3.46. The van der Waals surface area contributed by atoms with E-state index >= 15 is 0 Å². The molecule has 0 saturated heterocycles. The summed E-state index contributed by atoms with van der Waals surface area (Å²) in [5.74, 6) is -0.731. The summed E-state index contributed by atoms with van der Waals surface area (Å²) in [4.78, 5) is 14.0. The third-order valence-electron chi connectivity index (χ3n) is 0.881. The number of aliphatic imine (C=N–C) groups is 1. The van der Waals surface area contributed by atoms with E-state index < -0.39 is 5.91 Å². The van der Waals surface area contributed by atoms with Gasteiger partial charge in [0.1, 0.15) is 6.61 Å². The summed E-state index contributed by atoms with van der Waals surface area (Å²) < 4.78 is 4.68. The van der Waals surface area contributed by atoms with E-state index in [1.54, 1.807) is 0 Å². The van der Waals surface area contributed by atoms with Gasteiger partial charge in [-0.05, 0) is 0 Å². The zero-order chi connectivity index (χ0) is 8.69. The van der Waals surface area contributed by atoms with E-state index in [4.69, 9.17) is 5.21 Å². The van der Waals surface area contributed by atoms with Crippen molar-refractivity contribution in [3.8, 4) is 0 Å². The second-order valence-electron chi connectivity index (χ2n) is 1.48. The van der Waals surface area contributed by atoms with Crippen LogP contribution in [0.4, 0.5) is 0 Å². The van der Waals surface area contributed by atoms with Gasteiger partial charge in [-0.2, -0.15) is 0 Å². The lowest BCUT2D eigenvalue weighted by Crippen LogP contribution is -2.28. The summed E-state index contributed by atoms with van der Waals surface area (Å²) in [6.45, 7) is 4.91. The first-order chi connectivity index (χ1) is 5.34. The maximum absolute atomic E-state index is 10.4. The maximum atomic E-state index is 10.4. The number of hydrogen-bond donors (Lipinski definition) is 2. The van der Waals surface area contributed by atoms with E-state index in [-0.39, 0.29) is 5.90 Å². The molecule has 1 rings (SSSR count). The van der Waals surface area contributed by atoms with Gasteiger partial charge in [-0.15, -0.1) is 0 Å². The number of rotatable bonds is 1. The van der Waals surface area contributed by atoms with Gasteiger partial charge in [0.2, 0.25) is 0 Å². The summed E-state index contributed by atoms with van der Waals surface area (Å²) >= 11 is 0. The SMILES string of the molecule is CC.O=C(NO)C1=NCCO1. The summed E-state index contributed by atoms with van der Waals surface area (Å²) in [6, 6.07) is 0. The number of ether oxygens (including phenoxy) is 1. The Morgan fingerprint density at radius 2 is 2.36 bits per heavy atom. The number of carbonyl (C=O) groups excluding carboxylic acids is 1. The molecule has 0 aromatic rings. The highest BCUT2D eigenvalue weighted by atomic mass is 16.5. The topological polar surface area (TPSA) is 70.9 Å². The van der Waals surface area contributed by atoms with Gasteiger partial charge in [0, 0.05) is 0 Å². The van der Waals surface area contributed by atoms with Crippen LogP contribution in [0.5, 0.6) is 0 Å². The van der Waals surface area contributed by atoms with Crippen molar-refractivity contribution in [2.24, 2.45) is 4.99 Å². The number of amides is 1. The fourth-order valence-electron chi connectivity index (χ4n) is 0.520. The highest BCUT2D eigenvalue weighted by Gasteiger charge is 2.15. The molecule has 0 aromatic carbocycles. The molecule has 0 aromatic heterocycles. The van der Waals surface area contributed by atoms with Crippen LogP contribution < -0.4 is 5.48 Å². The lowest BCUT2D eigenvalue weighted by molar-refractivity contribution is -0.123. The molecule has 64 valence electrons. The van der Waals surface area contributed by atoms with Crippen LogP contribution in [0.15, 0.2) is 4.99 Å². The van der Waals surface area contributed by atoms with Crippen molar-refractivity contribution in [2.45, 2.75) is 13.8 Å². The van der Waals surface area contributed by atoms with Gasteiger partial charge in [-0.3, -0.25) is 10.0 Å². The molecule has 0 unspecified atom stereocenters. The van der Waals surface area contributed by atoms with Gasteiger partial charge in [0.15, 0.2) is 0 Å². The molecule has 0 aliphatic carbocycles. The normalized spacial score (nSPS) is 13.9. The van der Waals surface area contributed by atoms with Gasteiger partial charge in [0.05, 0.1) is 6.54 Å². The van der Waals surface area contributed by atoms with E-state index in [1.807, 2.05) is 13.8 Å². The van der Waals surface area contributed by atoms with Gasteiger partial charge >= 0.3 is 5.91 Å². The zero-order valence-corrected chi connectivity index (χ0v) is 6.63. The lowest BCUT2D eigenvalue weighted by Gasteiger charge is -1.95. The molecule has 1 amide bonds. The van der Waals surface area contributed by atoms with Crippen LogP contribution in [0, 0.1) is 0 Å². The monoisotopic (exact) mass is 160 g/mol. The zero-order valence-electron chi connectivity index (χ0n) is 6.63. The minimum Gasteiger partial charge on any atom is -0.472 e. The van der Waals surface area contributed by atoms with E-state index in [2.05, 4.69) is 9.73 Å². The summed E-state index contributed by atoms with van der Waals surface area (Å²) in [5.41, 5.74) is 1.41. The summed E-state index contributed by atoms with van der Waals surface area (Å²) in [6.07, 6.45) is 0. The molecule has 2 N–H and O–H groups in total. The standard InChI is InChI=1S/C4H6N2O3.C2H6/c7-3(6-8)4-5-1-2-9-4;1-2/h8H,1-2H2,(H,6,7);1-2H3. The number of carbonyl (C=O) groups is 1. The van der Waals surface area contributed by atoms with Crippen molar-refractivity contribution in [3.05, 3.63) is 0 Å². The van der Waals surface area contributed by atoms with Crippen LogP contribution in [0.25, 0.3) is 0 Å². The minimum absolute atomic E-state index is 0.0440. The van der Waals surface area contributed by atoms with E-state index in [9.17, 15) is 4.79 Å². The number of nitrogens with zero attached hydrogens (tertiary/aromatic N) is 1. The van der Waals surface area contributed by atoms with E-state index in [1.165, 1.54) is 5.48 Å². The van der Waals surface area contributed by atoms with Crippen molar-refractivity contribution in [2.75, 3.05) is 13.2 Å². The van der Waals surface area contributed by atoms with Crippen molar-refractivity contribution < 1.29 is 14.7 Å². The molecule has 1 heterocycles. The molecule has 0 fully saturated rings. The fraction of sp³-hybridized carbons (Fsp3) is 0.667. The van der Waals surface area contributed by atoms with Crippen LogP contribution >= 0.6 is 0 Å². The first-order valence-corrected chi connectivity index (χ1v) is 3.46. The number of nitrogens with one attached hydrogen (secondary N) is 1. The Morgan fingerprint density at radius 1 is 1.73 bits per heavy atom. The van der Waals surface area contributed by atoms with Crippen molar-refractivity contribution >= 4 is 11.8 Å². The maximum Gasteiger partial charge on any atom is 0.329 e. The number of hydrogen-bond acceptors (Lipinski definition) is 4. The van der Waals surface area contributed by atoms with Crippen molar-refractivity contribution in [1.82, 2.24) is 5.48 Å². The highest BCUT2D eigenvalue weighted by molar-refractivity contribution is 6.35. The third-order valence-corrected chi connectivity index (χ3v) is 0.881. The van der Waals surface area contributed by atoms with E-state index in [0.29, 0.717) is 13.2 Å². The second kappa shape index (κ2) is 5.67. The molecule has 1 aliphatic rings. The van der Waals surface area contributed by atoms with Gasteiger partial charge in [-0.25, -0.2) is 10.5 Å². The van der Waals surface area contributed by atoms with Crippen LogP contribution in [0.3, 0.4) is 0 Å². The highest BCUT2D eigenvalue weighted by Crippen LogP contribution is 1.92. The molecular formula is C6H12N2O3. The third kappa shape index (κ3) is 2.99. The second-order valence-corrected chi connectivity index (χ2v) is 1.48. The Morgan fingerprint density at radius 3 is 2.73 bits per heavy atom. The molecule has 0 bridgehead atoms. The Balaban J connectivity index is 0.000000461. The predicted octanol–water partition coefficient (Wildman–Crippen LogP) is -0.0533. The minimum atomic E-state index is -0.687. The Labute approximate surface area is 65.0 Å². The van der Waals surface area contributed by atoms with Crippen LogP contribution in [0.2, 0.25) is 0 Å². The molecule has 5 nitrogen and oxygen atoms in total. The predicted molar refractivity (Wildman–Crippen MR) is 39.5 cm³/mol. The fourth-order valence-corrected chi connectivity index (χ4v) is 0.520. The smallest absolute Gasteiger partial charge is 0.329 e. The molecule has 0 atom stereocenters. The Kier molecular flexibility index (Phi) is 5.10. The van der Waals surface area contributed by atoms with Crippen LogP contribution in [-0.4, -0.2) is 30.2 Å². The van der Waals surface area contributed by atoms with Crippen LogP contribution in [0.1, 0.15) is 13.8 Å². The Bertz CT molecular complexity index is 156. The largest absolute Gasteiger partial charge is 0.472 e. The van der Waals surface area contributed by atoms with Gasteiger partial charge in [-0.1, -0.05) is 13.8 Å². The number of hydroxylamine groups is 1. The Hall–Kier alpha value is -1.10. The lowest BCUT2D eigenvalue weighted by atomic mass is 10.6. The molecule has 0 spiro atoms. The van der Waals surface area contributed by atoms with Crippen molar-refractivity contribution in [1.29, 1.82) is 0 Å². The van der Waals surface area contributed by atoms with Crippen molar-refractivity contribution in [3.63, 3.8) is 0 Å². The summed E-state index contributed by atoms with van der Waals surface area (Å²) in [7, 11) is 0. The summed E-state index contributed by atoms with van der Waals surface area (Å²) in [5, 5.41) is 8.03. The van der Waals surface area contributed by atoms with Gasteiger partial charge in [0.25, 0.3) is 5.90 Å². The average molecular weight is 160 g/mol. The van der Waals surface area contributed by atoms with E-state index in [0.717, 1.165) is 0 Å². The molecule has 0 saturated carbocycles. The molecule has 11 heavy (non-hydrogen) atoms. The first kappa shape index (κ1) is 9.90. The molecule has 5 heteroatoms. The molecule has 1 aliphatic heterocycles. The van der Waals surface area contributed by atoms with Crippen LogP contribution in [-0.2, 0) is 9.53 Å². The molecule has 0 radical (unpaired) electrons.